The highest BCUT2D eigenvalue weighted by atomic mass is 15.3. The van der Waals surface area contributed by atoms with Crippen LogP contribution in [0.1, 0.15) is 36.0 Å². The average molecular weight is 332 g/mol. The Labute approximate surface area is 149 Å². The maximum absolute atomic E-state index is 4.41. The molecule has 1 heterocycles. The molecular weight excluding hydrogens is 308 g/mol. The van der Waals surface area contributed by atoms with Crippen molar-refractivity contribution in [3.05, 3.63) is 71.8 Å². The Hall–Kier alpha value is -2.46. The molecule has 0 radical (unpaired) electrons. The van der Waals surface area contributed by atoms with Gasteiger partial charge >= 0.3 is 0 Å². The maximum Gasteiger partial charge on any atom is 0.146 e. The summed E-state index contributed by atoms with van der Waals surface area (Å²) in [6.45, 7) is 1.69. The monoisotopic (exact) mass is 332 g/mol. The van der Waals surface area contributed by atoms with E-state index < -0.39 is 0 Å². The minimum absolute atomic E-state index is 0.635. The van der Waals surface area contributed by atoms with E-state index in [1.807, 2.05) is 0 Å². The maximum atomic E-state index is 4.41. The van der Waals surface area contributed by atoms with E-state index in [0.717, 1.165) is 24.7 Å². The van der Waals surface area contributed by atoms with Crippen LogP contribution in [0.25, 0.3) is 11.1 Å². The highest BCUT2D eigenvalue weighted by molar-refractivity contribution is 5.67. The van der Waals surface area contributed by atoms with Crippen LogP contribution < -0.4 is 0 Å². The van der Waals surface area contributed by atoms with Crippen molar-refractivity contribution in [2.45, 2.75) is 31.8 Å². The van der Waals surface area contributed by atoms with Crippen LogP contribution in [0, 0.1) is 0 Å². The largest absolute Gasteiger partial charge is 0.317 e. The first-order valence-corrected chi connectivity index (χ1v) is 8.92. The highest BCUT2D eigenvalue weighted by Gasteiger charge is 2.29. The Morgan fingerprint density at radius 2 is 1.68 bits per heavy atom. The highest BCUT2D eigenvalue weighted by Crippen LogP contribution is 2.38. The number of nitrogens with zero attached hydrogens (tertiary/aromatic N) is 4. The van der Waals surface area contributed by atoms with Gasteiger partial charge in [-0.25, -0.2) is 0 Å². The lowest BCUT2D eigenvalue weighted by Gasteiger charge is -2.18. The molecular formula is C21H24N4. The van der Waals surface area contributed by atoms with Crippen LogP contribution in [0.15, 0.2) is 54.6 Å². The Kier molecular flexibility index (Phi) is 4.36. The first kappa shape index (κ1) is 16.0. The second kappa shape index (κ2) is 6.81. The van der Waals surface area contributed by atoms with Crippen molar-refractivity contribution in [1.29, 1.82) is 0 Å². The molecule has 0 saturated heterocycles. The summed E-state index contributed by atoms with van der Waals surface area (Å²) in [7, 11) is 4.24. The lowest BCUT2D eigenvalue weighted by Crippen LogP contribution is -2.20. The lowest BCUT2D eigenvalue weighted by atomic mass is 9.99. The molecule has 1 fully saturated rings. The zero-order valence-electron chi connectivity index (χ0n) is 14.9. The van der Waals surface area contributed by atoms with Gasteiger partial charge in [-0.2, -0.15) is 0 Å². The van der Waals surface area contributed by atoms with E-state index >= 15 is 0 Å². The van der Waals surface area contributed by atoms with Crippen molar-refractivity contribution in [3.8, 4) is 11.1 Å². The molecule has 1 aromatic heterocycles. The zero-order valence-corrected chi connectivity index (χ0v) is 14.9. The molecule has 4 heteroatoms. The van der Waals surface area contributed by atoms with Gasteiger partial charge in [-0.05, 0) is 36.6 Å². The number of rotatable bonds is 6. The topological polar surface area (TPSA) is 34.0 Å². The molecule has 1 saturated carbocycles. The van der Waals surface area contributed by atoms with Crippen LogP contribution in [-0.4, -0.2) is 26.7 Å². The molecule has 1 aliphatic rings. The molecule has 4 rings (SSSR count). The second-order valence-electron chi connectivity index (χ2n) is 7.00. The summed E-state index contributed by atoms with van der Waals surface area (Å²) in [6, 6.07) is 19.2. The van der Waals surface area contributed by atoms with E-state index in [-0.39, 0.29) is 0 Å². The van der Waals surface area contributed by atoms with Gasteiger partial charge in [0.2, 0.25) is 0 Å². The molecule has 2 aromatic carbocycles. The van der Waals surface area contributed by atoms with Crippen molar-refractivity contribution >= 4 is 0 Å². The number of hydrogen-bond donors (Lipinski definition) is 0. The minimum atomic E-state index is 0.635. The molecule has 1 aliphatic carbocycles. The van der Waals surface area contributed by atoms with E-state index in [4.69, 9.17) is 0 Å². The van der Waals surface area contributed by atoms with Crippen LogP contribution in [0.2, 0.25) is 0 Å². The van der Waals surface area contributed by atoms with Gasteiger partial charge in [0.25, 0.3) is 0 Å². The SMILES string of the molecule is CN(Cc1ccccc1-c1ccccc1)Cc1nnc(C2CC2)n1C. The van der Waals surface area contributed by atoms with Crippen LogP contribution >= 0.6 is 0 Å². The Balaban J connectivity index is 1.51. The van der Waals surface area contributed by atoms with E-state index in [9.17, 15) is 0 Å². The van der Waals surface area contributed by atoms with E-state index in [1.165, 1.54) is 29.5 Å². The first-order chi connectivity index (χ1) is 12.2. The molecule has 0 bridgehead atoms. The molecule has 25 heavy (non-hydrogen) atoms. The first-order valence-electron chi connectivity index (χ1n) is 8.92. The summed E-state index contributed by atoms with van der Waals surface area (Å²) in [5, 5.41) is 8.80. The van der Waals surface area contributed by atoms with Gasteiger partial charge in [0.15, 0.2) is 0 Å². The second-order valence-corrected chi connectivity index (χ2v) is 7.00. The quantitative estimate of drug-likeness (QED) is 0.684. The van der Waals surface area contributed by atoms with Crippen molar-refractivity contribution in [1.82, 2.24) is 19.7 Å². The summed E-state index contributed by atoms with van der Waals surface area (Å²) in [5.74, 6) is 2.82. The molecule has 0 N–H and O–H groups in total. The normalized spacial score (nSPS) is 14.2. The third-order valence-electron chi connectivity index (χ3n) is 4.89. The van der Waals surface area contributed by atoms with Crippen molar-refractivity contribution in [2.75, 3.05) is 7.05 Å². The fourth-order valence-corrected chi connectivity index (χ4v) is 3.36. The average Bonchev–Trinajstić information content (AvgIpc) is 3.41. The Bertz CT molecular complexity index is 849. The van der Waals surface area contributed by atoms with E-state index in [0.29, 0.717) is 5.92 Å². The molecule has 128 valence electrons. The van der Waals surface area contributed by atoms with Crippen molar-refractivity contribution < 1.29 is 0 Å². The predicted molar refractivity (Wildman–Crippen MR) is 100 cm³/mol. The minimum Gasteiger partial charge on any atom is -0.317 e. The standard InChI is InChI=1S/C21H24N4/c1-24(15-20-22-23-21(25(20)2)17-12-13-17)14-18-10-6-7-11-19(18)16-8-4-3-5-9-16/h3-11,17H,12-15H2,1-2H3. The lowest BCUT2D eigenvalue weighted by molar-refractivity contribution is 0.306. The van der Waals surface area contributed by atoms with Gasteiger partial charge in [-0.3, -0.25) is 4.90 Å². The number of aromatic nitrogens is 3. The smallest absolute Gasteiger partial charge is 0.146 e. The van der Waals surface area contributed by atoms with Gasteiger partial charge in [-0.15, -0.1) is 10.2 Å². The van der Waals surface area contributed by atoms with E-state index in [1.54, 1.807) is 0 Å². The van der Waals surface area contributed by atoms with Crippen LogP contribution in [-0.2, 0) is 20.1 Å². The summed E-state index contributed by atoms with van der Waals surface area (Å²) < 4.78 is 2.18. The molecule has 0 atom stereocenters. The van der Waals surface area contributed by atoms with Gasteiger partial charge in [0.1, 0.15) is 11.6 Å². The summed E-state index contributed by atoms with van der Waals surface area (Å²) in [6.07, 6.45) is 2.51. The molecule has 0 unspecified atom stereocenters. The zero-order chi connectivity index (χ0) is 17.2. The van der Waals surface area contributed by atoms with Gasteiger partial charge < -0.3 is 4.57 Å². The molecule has 3 aromatic rings. The fourth-order valence-electron chi connectivity index (χ4n) is 3.36. The fraction of sp³-hybridized carbons (Fsp3) is 0.333. The third-order valence-corrected chi connectivity index (χ3v) is 4.89. The molecule has 0 spiro atoms. The predicted octanol–water partition coefficient (Wildman–Crippen LogP) is 3.99. The van der Waals surface area contributed by atoms with Gasteiger partial charge in [0.05, 0.1) is 6.54 Å². The summed E-state index contributed by atoms with van der Waals surface area (Å²) >= 11 is 0. The molecule has 4 nitrogen and oxygen atoms in total. The Morgan fingerprint density at radius 1 is 0.960 bits per heavy atom. The number of hydrogen-bond acceptors (Lipinski definition) is 3. The Morgan fingerprint density at radius 3 is 2.44 bits per heavy atom. The van der Waals surface area contributed by atoms with Gasteiger partial charge in [-0.1, -0.05) is 54.6 Å². The van der Waals surface area contributed by atoms with E-state index in [2.05, 4.69) is 88.4 Å². The van der Waals surface area contributed by atoms with Crippen molar-refractivity contribution in [2.24, 2.45) is 7.05 Å². The summed E-state index contributed by atoms with van der Waals surface area (Å²) in [5.41, 5.74) is 3.90. The summed E-state index contributed by atoms with van der Waals surface area (Å²) in [4.78, 5) is 2.31. The number of benzene rings is 2. The molecule has 0 amide bonds. The molecule has 0 aliphatic heterocycles. The van der Waals surface area contributed by atoms with Crippen LogP contribution in [0.5, 0.6) is 0 Å². The third kappa shape index (κ3) is 3.49. The van der Waals surface area contributed by atoms with Crippen LogP contribution in [0.3, 0.4) is 0 Å². The van der Waals surface area contributed by atoms with Crippen molar-refractivity contribution in [3.63, 3.8) is 0 Å². The van der Waals surface area contributed by atoms with Crippen LogP contribution in [0.4, 0.5) is 0 Å². The van der Waals surface area contributed by atoms with Gasteiger partial charge in [0, 0.05) is 19.5 Å².